The number of hydrogen-bond donors (Lipinski definition) is 1. The van der Waals surface area contributed by atoms with Crippen LogP contribution in [0.15, 0.2) is 36.4 Å². The van der Waals surface area contributed by atoms with Gasteiger partial charge in [0, 0.05) is 38.4 Å². The van der Waals surface area contributed by atoms with E-state index in [1.54, 1.807) is 14.2 Å². The normalized spacial score (nSPS) is 13.9. The van der Waals surface area contributed by atoms with Crippen molar-refractivity contribution < 1.29 is 14.3 Å². The summed E-state index contributed by atoms with van der Waals surface area (Å²) in [7, 11) is 3.25. The van der Waals surface area contributed by atoms with Crippen LogP contribution < -0.4 is 19.7 Å². The van der Waals surface area contributed by atoms with Crippen molar-refractivity contribution in [2.75, 3.05) is 51.8 Å². The maximum absolute atomic E-state index is 12.5. The van der Waals surface area contributed by atoms with Crippen LogP contribution >= 0.6 is 0 Å². The predicted molar refractivity (Wildman–Crippen MR) is 116 cm³/mol. The summed E-state index contributed by atoms with van der Waals surface area (Å²) in [6.45, 7) is 8.06. The Bertz CT molecular complexity index is 825. The van der Waals surface area contributed by atoms with E-state index in [0.717, 1.165) is 38.2 Å². The van der Waals surface area contributed by atoms with Gasteiger partial charge in [0.1, 0.15) is 0 Å². The number of carbonyl (C=O) groups excluding carboxylic acids is 1. The number of piperazine rings is 1. The first-order valence-corrected chi connectivity index (χ1v) is 10.1. The molecule has 6 nitrogen and oxygen atoms in total. The number of rotatable bonds is 6. The van der Waals surface area contributed by atoms with Crippen molar-refractivity contribution in [1.82, 2.24) is 10.2 Å². The second-order valence-electron chi connectivity index (χ2n) is 7.39. The maximum atomic E-state index is 12.5. The molecule has 2 amide bonds. The van der Waals surface area contributed by atoms with Gasteiger partial charge in [0.2, 0.25) is 0 Å². The van der Waals surface area contributed by atoms with E-state index in [1.165, 1.54) is 16.8 Å². The van der Waals surface area contributed by atoms with Crippen molar-refractivity contribution in [3.8, 4) is 11.5 Å². The molecule has 0 atom stereocenters. The average Bonchev–Trinajstić information content (AvgIpc) is 2.74. The molecule has 2 aromatic rings. The first-order valence-electron chi connectivity index (χ1n) is 10.1. The van der Waals surface area contributed by atoms with Crippen LogP contribution in [0.4, 0.5) is 10.5 Å². The highest BCUT2D eigenvalue weighted by atomic mass is 16.5. The van der Waals surface area contributed by atoms with E-state index >= 15 is 0 Å². The number of urea groups is 1. The largest absolute Gasteiger partial charge is 0.493 e. The quantitative estimate of drug-likeness (QED) is 0.812. The van der Waals surface area contributed by atoms with Crippen LogP contribution in [0.3, 0.4) is 0 Å². The van der Waals surface area contributed by atoms with E-state index in [1.807, 2.05) is 23.1 Å². The molecule has 29 heavy (non-hydrogen) atoms. The fourth-order valence-corrected chi connectivity index (χ4v) is 3.90. The van der Waals surface area contributed by atoms with Crippen molar-refractivity contribution >= 4 is 11.7 Å². The molecule has 0 saturated carbocycles. The fraction of sp³-hybridized carbons (Fsp3) is 0.435. The summed E-state index contributed by atoms with van der Waals surface area (Å²) in [5.41, 5.74) is 4.99. The minimum Gasteiger partial charge on any atom is -0.493 e. The zero-order chi connectivity index (χ0) is 20.8. The number of carbonyl (C=O) groups is 1. The molecular weight excluding hydrogens is 366 g/mol. The van der Waals surface area contributed by atoms with Crippen LogP contribution in [0.1, 0.15) is 16.7 Å². The van der Waals surface area contributed by atoms with Gasteiger partial charge in [-0.15, -0.1) is 0 Å². The van der Waals surface area contributed by atoms with Crippen molar-refractivity contribution in [3.05, 3.63) is 53.1 Å². The lowest BCUT2D eigenvalue weighted by atomic mass is 10.1. The maximum Gasteiger partial charge on any atom is 0.317 e. The Hall–Kier alpha value is -2.89. The molecule has 0 aromatic heterocycles. The number of amides is 2. The lowest BCUT2D eigenvalue weighted by Gasteiger charge is -2.37. The van der Waals surface area contributed by atoms with Crippen LogP contribution in [0.25, 0.3) is 0 Å². The predicted octanol–water partition coefficient (Wildman–Crippen LogP) is 3.39. The van der Waals surface area contributed by atoms with Gasteiger partial charge in [-0.3, -0.25) is 0 Å². The number of para-hydroxylation sites is 1. The van der Waals surface area contributed by atoms with Crippen LogP contribution in [-0.2, 0) is 6.42 Å². The molecule has 156 valence electrons. The van der Waals surface area contributed by atoms with Gasteiger partial charge in [-0.05, 0) is 49.1 Å². The second kappa shape index (κ2) is 9.54. The highest BCUT2D eigenvalue weighted by Crippen LogP contribution is 2.28. The van der Waals surface area contributed by atoms with Gasteiger partial charge in [0.15, 0.2) is 11.5 Å². The Morgan fingerprint density at radius 1 is 0.966 bits per heavy atom. The molecule has 0 radical (unpaired) electrons. The summed E-state index contributed by atoms with van der Waals surface area (Å²) in [4.78, 5) is 16.8. The number of methoxy groups -OCH3 is 2. The Labute approximate surface area is 173 Å². The average molecular weight is 398 g/mol. The molecule has 1 aliphatic rings. The molecule has 2 aromatic carbocycles. The summed E-state index contributed by atoms with van der Waals surface area (Å²) < 4.78 is 10.6. The zero-order valence-corrected chi connectivity index (χ0v) is 17.8. The van der Waals surface area contributed by atoms with Crippen LogP contribution in [0.5, 0.6) is 11.5 Å². The van der Waals surface area contributed by atoms with Crippen molar-refractivity contribution in [2.24, 2.45) is 0 Å². The summed E-state index contributed by atoms with van der Waals surface area (Å²) in [5, 5.41) is 3.04. The monoisotopic (exact) mass is 397 g/mol. The van der Waals surface area contributed by atoms with Gasteiger partial charge < -0.3 is 24.6 Å². The van der Waals surface area contributed by atoms with Crippen LogP contribution in [0, 0.1) is 13.8 Å². The minimum atomic E-state index is 0.00614. The first-order chi connectivity index (χ1) is 14.0. The Morgan fingerprint density at radius 2 is 1.62 bits per heavy atom. The minimum absolute atomic E-state index is 0.00614. The Balaban J connectivity index is 1.48. The summed E-state index contributed by atoms with van der Waals surface area (Å²) >= 11 is 0. The van der Waals surface area contributed by atoms with Crippen LogP contribution in [-0.4, -0.2) is 57.9 Å². The fourth-order valence-electron chi connectivity index (χ4n) is 3.90. The molecule has 6 heteroatoms. The van der Waals surface area contributed by atoms with Gasteiger partial charge in [-0.2, -0.15) is 0 Å². The van der Waals surface area contributed by atoms with E-state index in [0.29, 0.717) is 18.0 Å². The number of nitrogens with zero attached hydrogens (tertiary/aromatic N) is 2. The summed E-state index contributed by atoms with van der Waals surface area (Å²) in [6.07, 6.45) is 0.745. The molecule has 3 rings (SSSR count). The zero-order valence-electron chi connectivity index (χ0n) is 17.8. The molecule has 0 unspecified atom stereocenters. The van der Waals surface area contributed by atoms with Gasteiger partial charge in [-0.1, -0.05) is 24.3 Å². The molecule has 0 aliphatic carbocycles. The van der Waals surface area contributed by atoms with E-state index in [4.69, 9.17) is 9.47 Å². The van der Waals surface area contributed by atoms with Crippen molar-refractivity contribution in [3.63, 3.8) is 0 Å². The number of nitrogens with one attached hydrogen (secondary N) is 1. The Kier molecular flexibility index (Phi) is 6.86. The molecule has 0 spiro atoms. The van der Waals surface area contributed by atoms with Gasteiger partial charge in [-0.25, -0.2) is 4.79 Å². The number of benzene rings is 2. The van der Waals surface area contributed by atoms with E-state index in [9.17, 15) is 4.79 Å². The van der Waals surface area contributed by atoms with Crippen molar-refractivity contribution in [1.29, 1.82) is 0 Å². The lowest BCUT2D eigenvalue weighted by molar-refractivity contribution is 0.194. The molecule has 1 saturated heterocycles. The number of anilines is 1. The standard InChI is InChI=1S/C23H31N3O3/c1-17-6-5-7-18(2)22(17)25-12-14-26(15-13-25)23(27)24-11-10-19-8-9-20(28-3)21(16-19)29-4/h5-9,16H,10-15H2,1-4H3,(H,24,27). The molecular formula is C23H31N3O3. The van der Waals surface area contributed by atoms with E-state index < -0.39 is 0 Å². The molecule has 1 fully saturated rings. The van der Waals surface area contributed by atoms with Gasteiger partial charge in [0.25, 0.3) is 0 Å². The number of hydrogen-bond acceptors (Lipinski definition) is 4. The topological polar surface area (TPSA) is 54.0 Å². The lowest BCUT2D eigenvalue weighted by Crippen LogP contribution is -2.52. The molecule has 1 N–H and O–H groups in total. The first kappa shape index (κ1) is 20.8. The summed E-state index contributed by atoms with van der Waals surface area (Å²) in [5.74, 6) is 1.42. The van der Waals surface area contributed by atoms with Gasteiger partial charge >= 0.3 is 6.03 Å². The summed E-state index contributed by atoms with van der Waals surface area (Å²) in [6, 6.07) is 12.2. The molecule has 1 heterocycles. The number of ether oxygens (including phenoxy) is 2. The van der Waals surface area contributed by atoms with Crippen molar-refractivity contribution in [2.45, 2.75) is 20.3 Å². The van der Waals surface area contributed by atoms with E-state index in [2.05, 4.69) is 42.3 Å². The van der Waals surface area contributed by atoms with E-state index in [-0.39, 0.29) is 6.03 Å². The third-order valence-electron chi connectivity index (χ3n) is 5.46. The highest BCUT2D eigenvalue weighted by molar-refractivity contribution is 5.74. The molecule has 0 bridgehead atoms. The SMILES string of the molecule is COc1ccc(CCNC(=O)N2CCN(c3c(C)cccc3C)CC2)cc1OC. The third kappa shape index (κ3) is 4.94. The number of aryl methyl sites for hydroxylation is 2. The van der Waals surface area contributed by atoms with Gasteiger partial charge in [0.05, 0.1) is 14.2 Å². The molecule has 1 aliphatic heterocycles. The Morgan fingerprint density at radius 3 is 2.24 bits per heavy atom. The second-order valence-corrected chi connectivity index (χ2v) is 7.39. The third-order valence-corrected chi connectivity index (χ3v) is 5.46. The van der Waals surface area contributed by atoms with Crippen LogP contribution in [0.2, 0.25) is 0 Å². The smallest absolute Gasteiger partial charge is 0.317 e. The highest BCUT2D eigenvalue weighted by Gasteiger charge is 2.22.